The van der Waals surface area contributed by atoms with Gasteiger partial charge in [-0.25, -0.2) is 0 Å². The first-order valence-corrected chi connectivity index (χ1v) is 8.92. The molecular weight excluding hydrogens is 298 g/mol. The molecule has 2 aromatic rings. The zero-order valence-corrected chi connectivity index (χ0v) is 14.1. The minimum Gasteiger partial charge on any atom is -0.325 e. The summed E-state index contributed by atoms with van der Waals surface area (Å²) in [5.74, 6) is 0.0280. The SMILES string of the molecule is CC(C)(C)C(=O)Nc1ccccc1SSc1ccccc1. The van der Waals surface area contributed by atoms with Gasteiger partial charge in [-0.2, -0.15) is 0 Å². The molecule has 0 saturated carbocycles. The van der Waals surface area contributed by atoms with E-state index < -0.39 is 5.41 Å². The van der Waals surface area contributed by atoms with E-state index in [1.165, 1.54) is 4.90 Å². The third-order valence-corrected chi connectivity index (χ3v) is 5.24. The fourth-order valence-electron chi connectivity index (χ4n) is 1.52. The van der Waals surface area contributed by atoms with Gasteiger partial charge in [0.15, 0.2) is 0 Å². The first-order chi connectivity index (χ1) is 9.97. The Kier molecular flexibility index (Phi) is 5.37. The van der Waals surface area contributed by atoms with Crippen LogP contribution in [0.3, 0.4) is 0 Å². The molecule has 0 bridgehead atoms. The molecule has 21 heavy (non-hydrogen) atoms. The summed E-state index contributed by atoms with van der Waals surface area (Å²) < 4.78 is 0. The van der Waals surface area contributed by atoms with Crippen LogP contribution < -0.4 is 5.32 Å². The summed E-state index contributed by atoms with van der Waals surface area (Å²) in [5.41, 5.74) is 0.468. The summed E-state index contributed by atoms with van der Waals surface area (Å²) in [7, 11) is 3.34. The predicted octanol–water partition coefficient (Wildman–Crippen LogP) is 5.47. The van der Waals surface area contributed by atoms with Crippen LogP contribution in [0.2, 0.25) is 0 Å². The number of amides is 1. The van der Waals surface area contributed by atoms with Gasteiger partial charge in [-0.3, -0.25) is 4.79 Å². The summed E-state index contributed by atoms with van der Waals surface area (Å²) in [5, 5.41) is 3.01. The molecule has 1 amide bonds. The van der Waals surface area contributed by atoms with E-state index >= 15 is 0 Å². The third-order valence-electron chi connectivity index (χ3n) is 2.79. The van der Waals surface area contributed by atoms with Gasteiger partial charge in [0.05, 0.1) is 5.69 Å². The van der Waals surface area contributed by atoms with Gasteiger partial charge in [0.25, 0.3) is 0 Å². The van der Waals surface area contributed by atoms with Crippen molar-refractivity contribution in [2.45, 2.75) is 30.6 Å². The highest BCUT2D eigenvalue weighted by Crippen LogP contribution is 2.40. The van der Waals surface area contributed by atoms with E-state index in [-0.39, 0.29) is 5.91 Å². The molecule has 2 rings (SSSR count). The molecule has 0 radical (unpaired) electrons. The Morgan fingerprint density at radius 3 is 2.19 bits per heavy atom. The van der Waals surface area contributed by atoms with Crippen LogP contribution in [0, 0.1) is 5.41 Å². The summed E-state index contributed by atoms with van der Waals surface area (Å²) in [6.45, 7) is 5.74. The van der Waals surface area contributed by atoms with Crippen LogP contribution in [0.25, 0.3) is 0 Å². The molecule has 0 aliphatic carbocycles. The molecular formula is C17H19NOS2. The van der Waals surface area contributed by atoms with Crippen molar-refractivity contribution in [2.75, 3.05) is 5.32 Å². The first kappa shape index (κ1) is 16.0. The molecule has 0 aromatic heterocycles. The van der Waals surface area contributed by atoms with Gasteiger partial charge in [-0.15, -0.1) is 0 Å². The van der Waals surface area contributed by atoms with Gasteiger partial charge >= 0.3 is 0 Å². The maximum atomic E-state index is 12.1. The van der Waals surface area contributed by atoms with Gasteiger partial charge in [-0.1, -0.05) is 72.7 Å². The summed E-state index contributed by atoms with van der Waals surface area (Å²) in [6.07, 6.45) is 0. The second-order valence-electron chi connectivity index (χ2n) is 5.68. The molecule has 0 heterocycles. The largest absolute Gasteiger partial charge is 0.325 e. The Hall–Kier alpha value is -1.39. The Labute approximate surface area is 134 Å². The summed E-state index contributed by atoms with van der Waals surface area (Å²) >= 11 is 0. The zero-order chi connectivity index (χ0) is 15.3. The second-order valence-corrected chi connectivity index (χ2v) is 7.92. The van der Waals surface area contributed by atoms with Gasteiger partial charge in [-0.05, 0) is 24.3 Å². The molecule has 0 aliphatic rings. The Morgan fingerprint density at radius 1 is 0.905 bits per heavy atom. The van der Waals surface area contributed by atoms with Crippen LogP contribution in [0.4, 0.5) is 5.69 Å². The van der Waals surface area contributed by atoms with Crippen LogP contribution in [0.15, 0.2) is 64.4 Å². The number of hydrogen-bond donors (Lipinski definition) is 1. The Morgan fingerprint density at radius 2 is 1.52 bits per heavy atom. The van der Waals surface area contributed by atoms with Crippen molar-refractivity contribution in [3.63, 3.8) is 0 Å². The molecule has 4 heteroatoms. The quantitative estimate of drug-likeness (QED) is 0.758. The summed E-state index contributed by atoms with van der Waals surface area (Å²) in [4.78, 5) is 14.4. The fraction of sp³-hybridized carbons (Fsp3) is 0.235. The highest BCUT2D eigenvalue weighted by molar-refractivity contribution is 8.76. The topological polar surface area (TPSA) is 29.1 Å². The van der Waals surface area contributed by atoms with E-state index in [0.717, 1.165) is 10.6 Å². The number of carbonyl (C=O) groups is 1. The fourth-order valence-corrected chi connectivity index (χ4v) is 3.65. The average Bonchev–Trinajstić information content (AvgIpc) is 2.46. The van der Waals surface area contributed by atoms with Crippen molar-refractivity contribution < 1.29 is 4.79 Å². The molecule has 0 fully saturated rings. The van der Waals surface area contributed by atoms with Crippen LogP contribution >= 0.6 is 21.6 Å². The number of carbonyl (C=O) groups excluding carboxylic acids is 1. The van der Waals surface area contributed by atoms with E-state index in [1.54, 1.807) is 21.6 Å². The molecule has 2 nitrogen and oxygen atoms in total. The number of anilines is 1. The second kappa shape index (κ2) is 7.05. The Balaban J connectivity index is 2.08. The van der Waals surface area contributed by atoms with Gasteiger partial charge in [0.2, 0.25) is 5.91 Å². The van der Waals surface area contributed by atoms with Crippen molar-refractivity contribution in [1.82, 2.24) is 0 Å². The number of benzene rings is 2. The minimum atomic E-state index is -0.398. The van der Waals surface area contributed by atoms with Crippen molar-refractivity contribution in [2.24, 2.45) is 5.41 Å². The number of nitrogens with one attached hydrogen (secondary N) is 1. The molecule has 0 unspecified atom stereocenters. The monoisotopic (exact) mass is 317 g/mol. The molecule has 0 aliphatic heterocycles. The van der Waals surface area contributed by atoms with Crippen molar-refractivity contribution in [1.29, 1.82) is 0 Å². The minimum absolute atomic E-state index is 0.0280. The molecule has 0 atom stereocenters. The number of para-hydroxylation sites is 1. The molecule has 2 aromatic carbocycles. The number of rotatable bonds is 4. The third kappa shape index (κ3) is 4.83. The maximum Gasteiger partial charge on any atom is 0.229 e. The normalized spacial score (nSPS) is 11.2. The smallest absolute Gasteiger partial charge is 0.229 e. The highest BCUT2D eigenvalue weighted by Gasteiger charge is 2.22. The molecule has 0 spiro atoms. The van der Waals surface area contributed by atoms with E-state index in [0.29, 0.717) is 0 Å². The number of hydrogen-bond acceptors (Lipinski definition) is 3. The van der Waals surface area contributed by atoms with Crippen molar-refractivity contribution in [3.05, 3.63) is 54.6 Å². The van der Waals surface area contributed by atoms with E-state index in [4.69, 9.17) is 0 Å². The van der Waals surface area contributed by atoms with Gasteiger partial charge in [0, 0.05) is 15.2 Å². The molecule has 110 valence electrons. The van der Waals surface area contributed by atoms with Crippen LogP contribution in [-0.2, 0) is 4.79 Å². The van der Waals surface area contributed by atoms with Gasteiger partial charge < -0.3 is 5.32 Å². The Bertz CT molecular complexity index is 606. The van der Waals surface area contributed by atoms with Gasteiger partial charge in [0.1, 0.15) is 0 Å². The van der Waals surface area contributed by atoms with E-state index in [1.807, 2.05) is 63.2 Å². The van der Waals surface area contributed by atoms with Crippen LogP contribution in [-0.4, -0.2) is 5.91 Å². The predicted molar refractivity (Wildman–Crippen MR) is 92.7 cm³/mol. The van der Waals surface area contributed by atoms with Crippen molar-refractivity contribution >= 4 is 33.2 Å². The molecule has 1 N–H and O–H groups in total. The lowest BCUT2D eigenvalue weighted by Gasteiger charge is -2.19. The van der Waals surface area contributed by atoms with Crippen LogP contribution in [0.1, 0.15) is 20.8 Å². The average molecular weight is 317 g/mol. The van der Waals surface area contributed by atoms with Crippen LogP contribution in [0.5, 0.6) is 0 Å². The lowest BCUT2D eigenvalue weighted by molar-refractivity contribution is -0.123. The molecule has 0 saturated heterocycles. The maximum absolute atomic E-state index is 12.1. The lowest BCUT2D eigenvalue weighted by Crippen LogP contribution is -2.27. The highest BCUT2D eigenvalue weighted by atomic mass is 33.1. The first-order valence-electron chi connectivity index (χ1n) is 6.77. The van der Waals surface area contributed by atoms with Crippen molar-refractivity contribution in [3.8, 4) is 0 Å². The van der Waals surface area contributed by atoms with E-state index in [2.05, 4.69) is 17.4 Å². The zero-order valence-electron chi connectivity index (χ0n) is 12.4. The summed E-state index contributed by atoms with van der Waals surface area (Å²) in [6, 6.07) is 18.1. The van der Waals surface area contributed by atoms with E-state index in [9.17, 15) is 4.79 Å². The standard InChI is InChI=1S/C17H19NOS2/c1-17(2,3)16(19)18-14-11-7-8-12-15(14)21-20-13-9-5-4-6-10-13/h4-12H,1-3H3,(H,18,19). The lowest BCUT2D eigenvalue weighted by atomic mass is 9.95.